The zero-order valence-corrected chi connectivity index (χ0v) is 11.6. The molecule has 2 rings (SSSR count). The maximum Gasteiger partial charge on any atom is 0.118 e. The fourth-order valence-electron chi connectivity index (χ4n) is 2.13. The molecule has 0 radical (unpaired) electrons. The lowest BCUT2D eigenvalue weighted by atomic mass is 10.1. The lowest BCUT2D eigenvalue weighted by Crippen LogP contribution is -2.21. The normalized spacial score (nSPS) is 18.6. The van der Waals surface area contributed by atoms with Crippen molar-refractivity contribution in [2.45, 2.75) is 23.3 Å². The van der Waals surface area contributed by atoms with E-state index in [1.165, 1.54) is 5.56 Å². The van der Waals surface area contributed by atoms with Crippen LogP contribution in [-0.4, -0.2) is 32.1 Å². The van der Waals surface area contributed by atoms with Crippen molar-refractivity contribution in [1.29, 1.82) is 0 Å². The van der Waals surface area contributed by atoms with E-state index in [4.69, 9.17) is 15.2 Å². The van der Waals surface area contributed by atoms with Gasteiger partial charge in [0.05, 0.1) is 7.11 Å². The highest BCUT2D eigenvalue weighted by atomic mass is 32.2. The van der Waals surface area contributed by atoms with Crippen LogP contribution in [0.5, 0.6) is 5.75 Å². The minimum atomic E-state index is 0.374. The summed E-state index contributed by atoms with van der Waals surface area (Å²) in [4.78, 5) is 0. The molecule has 3 nitrogen and oxygen atoms in total. The Balaban J connectivity index is 1.97. The van der Waals surface area contributed by atoms with E-state index >= 15 is 0 Å². The Labute approximate surface area is 113 Å². The van der Waals surface area contributed by atoms with Gasteiger partial charge in [0.15, 0.2) is 0 Å². The smallest absolute Gasteiger partial charge is 0.118 e. The van der Waals surface area contributed by atoms with Crippen LogP contribution in [0, 0.1) is 0 Å². The Bertz CT molecular complexity index is 349. The quantitative estimate of drug-likeness (QED) is 0.890. The first-order valence-corrected chi connectivity index (χ1v) is 7.35. The first-order valence-electron chi connectivity index (χ1n) is 6.40. The van der Waals surface area contributed by atoms with Gasteiger partial charge in [0.1, 0.15) is 5.75 Å². The van der Waals surface area contributed by atoms with Gasteiger partial charge in [-0.05, 0) is 30.5 Å². The number of nitrogens with two attached hydrogens (primary N) is 1. The van der Waals surface area contributed by atoms with Gasteiger partial charge in [0.25, 0.3) is 0 Å². The molecule has 0 aliphatic carbocycles. The van der Waals surface area contributed by atoms with Crippen molar-refractivity contribution in [2.24, 2.45) is 5.73 Å². The monoisotopic (exact) mass is 267 g/mol. The Kier molecular flexibility index (Phi) is 5.35. The maximum absolute atomic E-state index is 5.91. The van der Waals surface area contributed by atoms with Crippen LogP contribution < -0.4 is 10.5 Å². The molecule has 1 heterocycles. The average molecular weight is 267 g/mol. The predicted octanol–water partition coefficient (Wildman–Crippen LogP) is 2.61. The topological polar surface area (TPSA) is 44.5 Å². The van der Waals surface area contributed by atoms with Crippen LogP contribution in [0.1, 0.15) is 23.7 Å². The third kappa shape index (κ3) is 3.64. The lowest BCUT2D eigenvalue weighted by Gasteiger charge is -2.26. The van der Waals surface area contributed by atoms with E-state index in [9.17, 15) is 0 Å². The Morgan fingerprint density at radius 2 is 2.00 bits per heavy atom. The van der Waals surface area contributed by atoms with Crippen LogP contribution in [0.4, 0.5) is 0 Å². The second kappa shape index (κ2) is 7.02. The second-order valence-electron chi connectivity index (χ2n) is 4.45. The molecule has 4 heteroatoms. The highest BCUT2D eigenvalue weighted by Gasteiger charge is 2.20. The van der Waals surface area contributed by atoms with Crippen LogP contribution in [0.25, 0.3) is 0 Å². The molecule has 0 spiro atoms. The van der Waals surface area contributed by atoms with Gasteiger partial charge >= 0.3 is 0 Å². The number of hydrogen-bond donors (Lipinski definition) is 1. The Morgan fingerprint density at radius 1 is 1.33 bits per heavy atom. The number of methoxy groups -OCH3 is 1. The van der Waals surface area contributed by atoms with Crippen LogP contribution in [-0.2, 0) is 4.74 Å². The zero-order valence-electron chi connectivity index (χ0n) is 10.8. The summed E-state index contributed by atoms with van der Waals surface area (Å²) in [5.74, 6) is 0.894. The van der Waals surface area contributed by atoms with E-state index in [-0.39, 0.29) is 0 Å². The van der Waals surface area contributed by atoms with Gasteiger partial charge in [0, 0.05) is 30.3 Å². The molecule has 0 saturated carbocycles. The van der Waals surface area contributed by atoms with Gasteiger partial charge in [-0.2, -0.15) is 0 Å². The molecule has 1 fully saturated rings. The third-order valence-electron chi connectivity index (χ3n) is 3.23. The zero-order chi connectivity index (χ0) is 12.8. The molecule has 0 bridgehead atoms. The summed E-state index contributed by atoms with van der Waals surface area (Å²) in [6, 6.07) is 8.23. The van der Waals surface area contributed by atoms with Crippen molar-refractivity contribution in [3.8, 4) is 5.75 Å². The molecule has 1 unspecified atom stereocenters. The summed E-state index contributed by atoms with van der Waals surface area (Å²) in [6.45, 7) is 2.45. The summed E-state index contributed by atoms with van der Waals surface area (Å²) in [5, 5.41) is 1.05. The van der Waals surface area contributed by atoms with Crippen molar-refractivity contribution >= 4 is 11.8 Å². The molecule has 2 N–H and O–H groups in total. The van der Waals surface area contributed by atoms with Gasteiger partial charge in [-0.3, -0.25) is 0 Å². The Hall–Kier alpha value is -0.710. The third-order valence-corrected chi connectivity index (χ3v) is 4.88. The average Bonchev–Trinajstić information content (AvgIpc) is 2.46. The molecule has 1 aliphatic heterocycles. The molecule has 1 saturated heterocycles. The van der Waals surface area contributed by atoms with Gasteiger partial charge in [-0.15, -0.1) is 11.8 Å². The number of rotatable bonds is 5. The first-order chi connectivity index (χ1) is 8.83. The molecule has 1 aliphatic rings. The van der Waals surface area contributed by atoms with E-state index < -0.39 is 0 Å². The summed E-state index contributed by atoms with van der Waals surface area (Å²) >= 11 is 1.99. The molecule has 1 aromatic carbocycles. The van der Waals surface area contributed by atoms with Crippen LogP contribution >= 0.6 is 11.8 Å². The fraction of sp³-hybridized carbons (Fsp3) is 0.571. The number of ether oxygens (including phenoxy) is 2. The molecule has 1 atom stereocenters. The molecule has 100 valence electrons. The van der Waals surface area contributed by atoms with E-state index in [1.54, 1.807) is 7.11 Å². The second-order valence-corrected chi connectivity index (χ2v) is 5.95. The van der Waals surface area contributed by atoms with Crippen molar-refractivity contribution in [2.75, 3.05) is 26.9 Å². The van der Waals surface area contributed by atoms with Gasteiger partial charge in [-0.1, -0.05) is 12.1 Å². The van der Waals surface area contributed by atoms with E-state index in [1.807, 2.05) is 23.9 Å². The van der Waals surface area contributed by atoms with Crippen LogP contribution in [0.15, 0.2) is 24.3 Å². The molecular weight excluding hydrogens is 246 g/mol. The number of benzene rings is 1. The fourth-order valence-corrected chi connectivity index (χ4v) is 3.49. The maximum atomic E-state index is 5.91. The van der Waals surface area contributed by atoms with Crippen molar-refractivity contribution in [3.63, 3.8) is 0 Å². The van der Waals surface area contributed by atoms with Crippen LogP contribution in [0.2, 0.25) is 0 Å². The van der Waals surface area contributed by atoms with Gasteiger partial charge < -0.3 is 15.2 Å². The summed E-state index contributed by atoms with van der Waals surface area (Å²) < 4.78 is 10.6. The SMILES string of the molecule is COc1ccc(C(CN)SC2CCOCC2)cc1. The first kappa shape index (κ1) is 13.7. The summed E-state index contributed by atoms with van der Waals surface area (Å²) in [5.41, 5.74) is 7.20. The lowest BCUT2D eigenvalue weighted by molar-refractivity contribution is 0.0999. The van der Waals surface area contributed by atoms with Crippen molar-refractivity contribution in [1.82, 2.24) is 0 Å². The molecule has 1 aromatic rings. The number of thioether (sulfide) groups is 1. The number of hydrogen-bond acceptors (Lipinski definition) is 4. The van der Waals surface area contributed by atoms with Crippen molar-refractivity contribution in [3.05, 3.63) is 29.8 Å². The van der Waals surface area contributed by atoms with E-state index in [0.717, 1.165) is 31.8 Å². The van der Waals surface area contributed by atoms with Crippen LogP contribution in [0.3, 0.4) is 0 Å². The van der Waals surface area contributed by atoms with E-state index in [2.05, 4.69) is 12.1 Å². The summed E-state index contributed by atoms with van der Waals surface area (Å²) in [6.07, 6.45) is 2.27. The van der Waals surface area contributed by atoms with Crippen molar-refractivity contribution < 1.29 is 9.47 Å². The van der Waals surface area contributed by atoms with Gasteiger partial charge in [0.2, 0.25) is 0 Å². The molecule has 18 heavy (non-hydrogen) atoms. The minimum Gasteiger partial charge on any atom is -0.497 e. The highest BCUT2D eigenvalue weighted by Crippen LogP contribution is 2.35. The highest BCUT2D eigenvalue weighted by molar-refractivity contribution is 8.00. The largest absolute Gasteiger partial charge is 0.497 e. The Morgan fingerprint density at radius 3 is 2.56 bits per heavy atom. The molecular formula is C14H21NO2S. The standard InChI is InChI=1S/C14H21NO2S/c1-16-12-4-2-11(3-5-12)14(10-15)18-13-6-8-17-9-7-13/h2-5,13-14H,6-10,15H2,1H3. The molecule has 0 amide bonds. The van der Waals surface area contributed by atoms with Gasteiger partial charge in [-0.25, -0.2) is 0 Å². The summed E-state index contributed by atoms with van der Waals surface area (Å²) in [7, 11) is 1.69. The van der Waals surface area contributed by atoms with E-state index in [0.29, 0.717) is 17.0 Å². The molecule has 0 aromatic heterocycles. The predicted molar refractivity (Wildman–Crippen MR) is 76.2 cm³/mol. The minimum absolute atomic E-state index is 0.374.